The number of aliphatic carboxylic acids is 1. The summed E-state index contributed by atoms with van der Waals surface area (Å²) in [7, 11) is 1.64. The molecule has 0 aromatic heterocycles. The minimum Gasteiger partial charge on any atom is -0.547 e. The molecule has 0 aliphatic carbocycles. The second kappa shape index (κ2) is 12.0. The van der Waals surface area contributed by atoms with Crippen LogP contribution in [0.2, 0.25) is 0 Å². The molecule has 1 aromatic rings. The number of amides is 2. The molecular formula is C22H30N3NaO6. The Morgan fingerprint density at radius 3 is 2.25 bits per heavy atom. The van der Waals surface area contributed by atoms with Gasteiger partial charge in [-0.25, -0.2) is 0 Å². The second-order valence-electron chi connectivity index (χ2n) is 8.44. The van der Waals surface area contributed by atoms with E-state index in [-0.39, 0.29) is 41.4 Å². The van der Waals surface area contributed by atoms with Gasteiger partial charge in [-0.05, 0) is 30.0 Å². The molecule has 3 rings (SSSR count). The molecule has 2 saturated heterocycles. The third-order valence-electron chi connectivity index (χ3n) is 5.55. The Morgan fingerprint density at radius 2 is 1.75 bits per heavy atom. The van der Waals surface area contributed by atoms with Gasteiger partial charge < -0.3 is 29.6 Å². The summed E-state index contributed by atoms with van der Waals surface area (Å²) in [5, 5.41) is 13.5. The quantitative estimate of drug-likeness (QED) is 0.302. The fourth-order valence-electron chi connectivity index (χ4n) is 3.77. The predicted molar refractivity (Wildman–Crippen MR) is 110 cm³/mol. The van der Waals surface area contributed by atoms with E-state index in [1.807, 2.05) is 38.1 Å². The van der Waals surface area contributed by atoms with Crippen molar-refractivity contribution in [2.75, 3.05) is 33.3 Å². The van der Waals surface area contributed by atoms with Gasteiger partial charge in [-0.1, -0.05) is 26.0 Å². The largest absolute Gasteiger partial charge is 1.00 e. The van der Waals surface area contributed by atoms with Gasteiger partial charge in [0.05, 0.1) is 13.1 Å². The van der Waals surface area contributed by atoms with E-state index in [1.165, 1.54) is 5.56 Å². The summed E-state index contributed by atoms with van der Waals surface area (Å²) < 4.78 is 10.0. The number of carboxylic acids is 1. The van der Waals surface area contributed by atoms with Crippen LogP contribution >= 0.6 is 0 Å². The predicted octanol–water partition coefficient (Wildman–Crippen LogP) is -3.61. The molecule has 170 valence electrons. The normalized spacial score (nSPS) is 21.4. The van der Waals surface area contributed by atoms with Crippen molar-refractivity contribution in [3.63, 3.8) is 0 Å². The van der Waals surface area contributed by atoms with Crippen LogP contribution < -0.4 is 44.7 Å². The van der Waals surface area contributed by atoms with Crippen LogP contribution in [-0.4, -0.2) is 79.1 Å². The molecule has 0 spiro atoms. The van der Waals surface area contributed by atoms with E-state index >= 15 is 0 Å². The minimum absolute atomic E-state index is 0. The number of benzene rings is 1. The molecule has 2 aliphatic rings. The standard InChI is InChI=1S/C22H31N3O6.Na/c1-14(2)12-17(23-20(26)18-19(31-18)22(28)29)21(27)25-10-8-24(9-11-25)13-15-4-6-16(30-3)7-5-15;/h4-7,14,17-19H,8-13H2,1-3H3,(H,23,26)(H,28,29);/q;+1/p-1/t17-,18+,19+;/m0./s1. The Hall–Kier alpha value is -1.65. The average Bonchev–Trinajstić information content (AvgIpc) is 3.55. The summed E-state index contributed by atoms with van der Waals surface area (Å²) in [4.78, 5) is 40.2. The van der Waals surface area contributed by atoms with E-state index in [9.17, 15) is 19.5 Å². The third kappa shape index (κ3) is 7.18. The van der Waals surface area contributed by atoms with Crippen molar-refractivity contribution in [3.05, 3.63) is 29.8 Å². The molecule has 3 atom stereocenters. The average molecular weight is 455 g/mol. The van der Waals surface area contributed by atoms with E-state index < -0.39 is 30.1 Å². The zero-order valence-corrected chi connectivity index (χ0v) is 21.2. The van der Waals surface area contributed by atoms with E-state index in [2.05, 4.69) is 10.2 Å². The van der Waals surface area contributed by atoms with Gasteiger partial charge in [-0.2, -0.15) is 0 Å². The summed E-state index contributed by atoms with van der Waals surface area (Å²) in [6.07, 6.45) is -1.83. The zero-order valence-electron chi connectivity index (χ0n) is 19.2. The number of methoxy groups -OCH3 is 1. The molecular weight excluding hydrogens is 425 g/mol. The van der Waals surface area contributed by atoms with Gasteiger partial charge in [-0.3, -0.25) is 14.5 Å². The Balaban J connectivity index is 0.00000363. The Morgan fingerprint density at radius 1 is 1.12 bits per heavy atom. The Kier molecular flexibility index (Phi) is 9.97. The van der Waals surface area contributed by atoms with Crippen molar-refractivity contribution >= 4 is 17.8 Å². The van der Waals surface area contributed by atoms with Crippen molar-refractivity contribution in [2.24, 2.45) is 5.92 Å². The Bertz CT molecular complexity index is 795. The van der Waals surface area contributed by atoms with Crippen LogP contribution in [0.5, 0.6) is 5.75 Å². The number of carbonyl (C=O) groups excluding carboxylic acids is 3. The molecule has 32 heavy (non-hydrogen) atoms. The van der Waals surface area contributed by atoms with Crippen LogP contribution in [0.1, 0.15) is 25.8 Å². The van der Waals surface area contributed by atoms with Gasteiger partial charge in [0.15, 0.2) is 6.10 Å². The summed E-state index contributed by atoms with van der Waals surface area (Å²) in [6, 6.07) is 7.23. The van der Waals surface area contributed by atoms with Crippen LogP contribution in [0.15, 0.2) is 24.3 Å². The molecule has 2 heterocycles. The molecule has 2 aliphatic heterocycles. The number of epoxide rings is 1. The summed E-state index contributed by atoms with van der Waals surface area (Å²) in [5.74, 6) is -1.13. The first-order chi connectivity index (χ1) is 14.8. The molecule has 0 unspecified atom stereocenters. The van der Waals surface area contributed by atoms with Crippen LogP contribution in [0.25, 0.3) is 0 Å². The van der Waals surface area contributed by atoms with Crippen molar-refractivity contribution in [2.45, 2.75) is 45.1 Å². The van der Waals surface area contributed by atoms with E-state index in [0.29, 0.717) is 19.5 Å². The first-order valence-electron chi connectivity index (χ1n) is 10.6. The molecule has 1 N–H and O–H groups in total. The van der Waals surface area contributed by atoms with Crippen molar-refractivity contribution in [1.29, 1.82) is 0 Å². The maximum absolute atomic E-state index is 13.1. The molecule has 0 radical (unpaired) electrons. The number of piperazine rings is 1. The number of nitrogens with zero attached hydrogens (tertiary/aromatic N) is 2. The second-order valence-corrected chi connectivity index (χ2v) is 8.44. The molecule has 2 fully saturated rings. The molecule has 2 amide bonds. The van der Waals surface area contributed by atoms with E-state index in [0.717, 1.165) is 25.4 Å². The van der Waals surface area contributed by atoms with Gasteiger partial charge in [0.2, 0.25) is 5.91 Å². The Labute approximate surface area is 210 Å². The van der Waals surface area contributed by atoms with Gasteiger partial charge in [0.25, 0.3) is 5.91 Å². The van der Waals surface area contributed by atoms with Gasteiger partial charge in [-0.15, -0.1) is 0 Å². The van der Waals surface area contributed by atoms with Crippen molar-refractivity contribution in [1.82, 2.24) is 15.1 Å². The molecule has 0 saturated carbocycles. The van der Waals surface area contributed by atoms with Crippen molar-refractivity contribution < 1.29 is 58.5 Å². The number of hydrogen-bond acceptors (Lipinski definition) is 7. The van der Waals surface area contributed by atoms with E-state index in [1.54, 1.807) is 12.0 Å². The number of carbonyl (C=O) groups is 3. The van der Waals surface area contributed by atoms with Crippen LogP contribution in [0.4, 0.5) is 0 Å². The van der Waals surface area contributed by atoms with E-state index in [4.69, 9.17) is 9.47 Å². The summed E-state index contributed by atoms with van der Waals surface area (Å²) >= 11 is 0. The summed E-state index contributed by atoms with van der Waals surface area (Å²) in [5.41, 5.74) is 1.18. The fourth-order valence-corrected chi connectivity index (χ4v) is 3.77. The van der Waals surface area contributed by atoms with Gasteiger partial charge >= 0.3 is 29.6 Å². The van der Waals surface area contributed by atoms with Crippen LogP contribution in [-0.2, 0) is 25.7 Å². The fraction of sp³-hybridized carbons (Fsp3) is 0.591. The number of carboxylic acid groups (broad SMARTS) is 1. The van der Waals surface area contributed by atoms with Gasteiger partial charge in [0, 0.05) is 32.7 Å². The maximum Gasteiger partial charge on any atom is 1.00 e. The first-order valence-corrected chi connectivity index (χ1v) is 10.6. The smallest absolute Gasteiger partial charge is 0.547 e. The molecule has 0 bridgehead atoms. The number of ether oxygens (including phenoxy) is 2. The number of rotatable bonds is 9. The monoisotopic (exact) mass is 455 g/mol. The van der Waals surface area contributed by atoms with Crippen molar-refractivity contribution in [3.8, 4) is 5.75 Å². The molecule has 1 aromatic carbocycles. The summed E-state index contributed by atoms with van der Waals surface area (Å²) in [6.45, 7) is 7.34. The maximum atomic E-state index is 13.1. The SMILES string of the molecule is COc1ccc(CN2CCN(C(=O)[C@H](CC(C)C)NC(=O)[C@@H]3O[C@H]3C(=O)[O-])CC2)cc1.[Na+]. The first kappa shape index (κ1) is 26.6. The topological polar surface area (TPSA) is 115 Å². The minimum atomic E-state index is -1.42. The van der Waals surface area contributed by atoms with Gasteiger partial charge in [0.1, 0.15) is 17.9 Å². The number of nitrogens with one attached hydrogen (secondary N) is 1. The zero-order chi connectivity index (χ0) is 22.5. The molecule has 10 heteroatoms. The third-order valence-corrected chi connectivity index (χ3v) is 5.55. The molecule has 9 nitrogen and oxygen atoms in total. The number of hydrogen-bond donors (Lipinski definition) is 1. The van der Waals surface area contributed by atoms with Crippen LogP contribution in [0.3, 0.4) is 0 Å². The van der Waals surface area contributed by atoms with Crippen LogP contribution in [0, 0.1) is 5.92 Å².